The third-order valence-electron chi connectivity index (χ3n) is 11.3. The number of esters is 2. The number of hydrogen-bond acceptors (Lipinski definition) is 10. The molecule has 4 N–H and O–H groups in total. The highest BCUT2D eigenvalue weighted by atomic mass is 16.7. The van der Waals surface area contributed by atoms with Gasteiger partial charge in [-0.1, -0.05) is 186 Å². The van der Waals surface area contributed by atoms with Gasteiger partial charge in [-0.3, -0.25) is 9.59 Å². The van der Waals surface area contributed by atoms with Crippen molar-refractivity contribution in [3.05, 3.63) is 24.3 Å². The standard InChI is InChI=1S/C49H90O10/c1-3-5-7-9-11-13-15-17-19-20-21-22-24-26-28-30-32-34-36-38-45(52)58-42(41-57-49-48(55)47(54)46(53)43(39-50)59-49)40-56-44(51)37-35-33-31-29-27-25-23-18-16-14-12-10-8-6-4-2/h12,14,18,23,42-43,46-50,53-55H,3-11,13,15-17,19-22,24-41H2,1-2H3/b14-12+,23-18+/t42-,43-,46+,47?,48?,49-/m1/s1. The van der Waals surface area contributed by atoms with Gasteiger partial charge < -0.3 is 39.4 Å². The summed E-state index contributed by atoms with van der Waals surface area (Å²) in [5.41, 5.74) is 0. The van der Waals surface area contributed by atoms with Crippen molar-refractivity contribution in [3.63, 3.8) is 0 Å². The molecule has 346 valence electrons. The summed E-state index contributed by atoms with van der Waals surface area (Å²) < 4.78 is 22.2. The summed E-state index contributed by atoms with van der Waals surface area (Å²) in [6.07, 6.45) is 37.5. The molecule has 0 amide bonds. The average Bonchev–Trinajstić information content (AvgIpc) is 3.23. The third kappa shape index (κ3) is 31.7. The zero-order valence-corrected chi connectivity index (χ0v) is 37.8. The maximum absolute atomic E-state index is 12.8. The van der Waals surface area contributed by atoms with E-state index in [0.717, 1.165) is 57.8 Å². The molecule has 1 rings (SSSR count). The summed E-state index contributed by atoms with van der Waals surface area (Å²) >= 11 is 0. The summed E-state index contributed by atoms with van der Waals surface area (Å²) in [5.74, 6) is -0.812. The van der Waals surface area contributed by atoms with E-state index in [0.29, 0.717) is 12.8 Å². The van der Waals surface area contributed by atoms with E-state index in [1.165, 1.54) is 122 Å². The first-order chi connectivity index (χ1) is 28.8. The number of carbonyl (C=O) groups excluding carboxylic acids is 2. The molecule has 0 aromatic rings. The van der Waals surface area contributed by atoms with Crippen LogP contribution >= 0.6 is 0 Å². The number of hydrogen-bond donors (Lipinski definition) is 4. The Morgan fingerprint density at radius 1 is 0.525 bits per heavy atom. The van der Waals surface area contributed by atoms with Gasteiger partial charge in [0.05, 0.1) is 13.2 Å². The summed E-state index contributed by atoms with van der Waals surface area (Å²) in [5, 5.41) is 40.1. The van der Waals surface area contributed by atoms with Crippen molar-refractivity contribution in [1.82, 2.24) is 0 Å². The van der Waals surface area contributed by atoms with E-state index in [1.807, 2.05) is 0 Å². The maximum atomic E-state index is 12.8. The molecule has 10 heteroatoms. The van der Waals surface area contributed by atoms with Gasteiger partial charge in [0.15, 0.2) is 12.4 Å². The van der Waals surface area contributed by atoms with Gasteiger partial charge in [0.2, 0.25) is 0 Å². The molecule has 0 spiro atoms. The molecule has 1 aliphatic rings. The van der Waals surface area contributed by atoms with Crippen LogP contribution in [0.25, 0.3) is 0 Å². The van der Waals surface area contributed by atoms with Crippen LogP contribution in [-0.4, -0.2) is 89.0 Å². The minimum Gasteiger partial charge on any atom is -0.462 e. The Morgan fingerprint density at radius 3 is 1.44 bits per heavy atom. The van der Waals surface area contributed by atoms with Crippen molar-refractivity contribution in [2.24, 2.45) is 0 Å². The molecule has 0 bridgehead atoms. The van der Waals surface area contributed by atoms with Gasteiger partial charge in [-0.15, -0.1) is 0 Å². The van der Waals surface area contributed by atoms with Gasteiger partial charge in [0.25, 0.3) is 0 Å². The van der Waals surface area contributed by atoms with Crippen molar-refractivity contribution in [3.8, 4) is 0 Å². The predicted molar refractivity (Wildman–Crippen MR) is 238 cm³/mol. The number of carbonyl (C=O) groups is 2. The number of rotatable bonds is 41. The van der Waals surface area contributed by atoms with Gasteiger partial charge in [0.1, 0.15) is 31.0 Å². The molecule has 1 heterocycles. The van der Waals surface area contributed by atoms with E-state index in [1.54, 1.807) is 0 Å². The molecule has 0 radical (unpaired) electrons. The SMILES string of the molecule is CCCCC/C=C/C/C=C/CCCCCCCC(=O)OC[C@H](CO[C@@H]1O[C@H](CO)[C@H](O)C(O)C1O)OC(=O)CCCCCCCCCCCCCCCCCCCCC. The first-order valence-electron chi connectivity index (χ1n) is 24.4. The summed E-state index contributed by atoms with van der Waals surface area (Å²) in [6, 6.07) is 0. The van der Waals surface area contributed by atoms with E-state index in [9.17, 15) is 30.0 Å². The van der Waals surface area contributed by atoms with Crippen LogP contribution in [0.1, 0.15) is 219 Å². The zero-order chi connectivity index (χ0) is 43.0. The highest BCUT2D eigenvalue weighted by Gasteiger charge is 2.44. The number of ether oxygens (including phenoxy) is 4. The Bertz CT molecular complexity index is 1020. The lowest BCUT2D eigenvalue weighted by molar-refractivity contribution is -0.305. The van der Waals surface area contributed by atoms with Crippen LogP contribution < -0.4 is 0 Å². The average molecular weight is 839 g/mol. The van der Waals surface area contributed by atoms with Crippen molar-refractivity contribution >= 4 is 11.9 Å². The fourth-order valence-corrected chi connectivity index (χ4v) is 7.45. The molecular formula is C49H90O10. The largest absolute Gasteiger partial charge is 0.462 e. The Morgan fingerprint density at radius 2 is 0.949 bits per heavy atom. The molecule has 59 heavy (non-hydrogen) atoms. The highest BCUT2D eigenvalue weighted by Crippen LogP contribution is 2.23. The first-order valence-corrected chi connectivity index (χ1v) is 24.4. The van der Waals surface area contributed by atoms with Crippen LogP contribution in [-0.2, 0) is 28.5 Å². The summed E-state index contributed by atoms with van der Waals surface area (Å²) in [4.78, 5) is 25.4. The third-order valence-corrected chi connectivity index (χ3v) is 11.3. The summed E-state index contributed by atoms with van der Waals surface area (Å²) in [7, 11) is 0. The fraction of sp³-hybridized carbons (Fsp3) is 0.878. The monoisotopic (exact) mass is 839 g/mol. The minimum absolute atomic E-state index is 0.221. The lowest BCUT2D eigenvalue weighted by Crippen LogP contribution is -2.59. The van der Waals surface area contributed by atoms with E-state index >= 15 is 0 Å². The van der Waals surface area contributed by atoms with E-state index in [4.69, 9.17) is 18.9 Å². The van der Waals surface area contributed by atoms with Crippen LogP contribution in [0.4, 0.5) is 0 Å². The van der Waals surface area contributed by atoms with Crippen molar-refractivity contribution in [2.45, 2.75) is 256 Å². The second-order valence-corrected chi connectivity index (χ2v) is 16.9. The molecule has 1 fully saturated rings. The molecule has 1 aliphatic heterocycles. The van der Waals surface area contributed by atoms with Gasteiger partial charge >= 0.3 is 11.9 Å². The Balaban J connectivity index is 2.28. The van der Waals surface area contributed by atoms with E-state index in [2.05, 4.69) is 38.2 Å². The second kappa shape index (κ2) is 40.3. The van der Waals surface area contributed by atoms with Crippen molar-refractivity contribution < 1.29 is 49.0 Å². The Labute approximate surface area is 360 Å². The van der Waals surface area contributed by atoms with Crippen LogP contribution in [0.15, 0.2) is 24.3 Å². The lowest BCUT2D eigenvalue weighted by atomic mass is 9.99. The van der Waals surface area contributed by atoms with Gasteiger partial charge in [-0.05, 0) is 44.9 Å². The fourth-order valence-electron chi connectivity index (χ4n) is 7.45. The normalized spacial score (nSPS) is 20.1. The highest BCUT2D eigenvalue weighted by molar-refractivity contribution is 5.70. The van der Waals surface area contributed by atoms with E-state index < -0.39 is 49.4 Å². The number of allylic oxidation sites excluding steroid dienone is 4. The number of aliphatic hydroxyl groups excluding tert-OH is 4. The molecule has 1 saturated heterocycles. The van der Waals surface area contributed by atoms with Gasteiger partial charge in [0, 0.05) is 12.8 Å². The summed E-state index contributed by atoms with van der Waals surface area (Å²) in [6.45, 7) is 3.41. The number of aliphatic hydroxyl groups is 4. The molecule has 0 aliphatic carbocycles. The van der Waals surface area contributed by atoms with E-state index in [-0.39, 0.29) is 32.0 Å². The number of unbranched alkanes of at least 4 members (excludes halogenated alkanes) is 26. The smallest absolute Gasteiger partial charge is 0.306 e. The molecule has 0 saturated carbocycles. The minimum atomic E-state index is -1.59. The topological polar surface area (TPSA) is 152 Å². The quantitative estimate of drug-likeness (QED) is 0.0266. The van der Waals surface area contributed by atoms with Crippen molar-refractivity contribution in [1.29, 1.82) is 0 Å². The molecular weight excluding hydrogens is 749 g/mol. The molecule has 2 unspecified atom stereocenters. The Kier molecular flexibility index (Phi) is 37.7. The zero-order valence-electron chi connectivity index (χ0n) is 37.8. The molecule has 0 aromatic carbocycles. The Hall–Kier alpha value is -1.82. The molecule has 0 aromatic heterocycles. The molecule has 10 nitrogen and oxygen atoms in total. The second-order valence-electron chi connectivity index (χ2n) is 16.9. The van der Waals surface area contributed by atoms with Gasteiger partial charge in [-0.2, -0.15) is 0 Å². The molecule has 6 atom stereocenters. The first kappa shape index (κ1) is 55.2. The van der Waals surface area contributed by atoms with Crippen LogP contribution in [0.3, 0.4) is 0 Å². The van der Waals surface area contributed by atoms with Crippen LogP contribution in [0.5, 0.6) is 0 Å². The predicted octanol–water partition coefficient (Wildman–Crippen LogP) is 10.9. The van der Waals surface area contributed by atoms with Crippen LogP contribution in [0, 0.1) is 0 Å². The van der Waals surface area contributed by atoms with Gasteiger partial charge in [-0.25, -0.2) is 0 Å². The van der Waals surface area contributed by atoms with Crippen molar-refractivity contribution in [2.75, 3.05) is 19.8 Å². The van der Waals surface area contributed by atoms with Crippen LogP contribution in [0.2, 0.25) is 0 Å². The maximum Gasteiger partial charge on any atom is 0.306 e. The lowest BCUT2D eigenvalue weighted by Gasteiger charge is -2.39.